The Morgan fingerprint density at radius 3 is 2.23 bits per heavy atom. The molecule has 6 nitrogen and oxygen atoms in total. The number of benzene rings is 2. The molecule has 0 aliphatic rings. The van der Waals surface area contributed by atoms with E-state index in [0.29, 0.717) is 30.8 Å². The van der Waals surface area contributed by atoms with Crippen LogP contribution >= 0.6 is 34.9 Å². The number of hydrogen-bond acceptors (Lipinski definition) is 9. The molecule has 0 spiro atoms. The second-order valence-corrected chi connectivity index (χ2v) is 11.4. The van der Waals surface area contributed by atoms with E-state index >= 15 is 0 Å². The average Bonchev–Trinajstić information content (AvgIpc) is 3.30. The van der Waals surface area contributed by atoms with Gasteiger partial charge in [0.1, 0.15) is 5.75 Å². The predicted molar refractivity (Wildman–Crippen MR) is 143 cm³/mol. The molecule has 3 rings (SSSR count). The lowest BCUT2D eigenvalue weighted by Crippen LogP contribution is -2.05. The number of ether oxygens (including phenoxy) is 1. The first-order chi connectivity index (χ1) is 16.9. The van der Waals surface area contributed by atoms with Gasteiger partial charge in [-0.25, -0.2) is 0 Å². The number of rotatable bonds is 13. The molecule has 0 fully saturated rings. The minimum Gasteiger partial charge on any atom is -0.507 e. The van der Waals surface area contributed by atoms with E-state index in [0.717, 1.165) is 44.0 Å². The molecular weight excluding hydrogens is 500 g/mol. The van der Waals surface area contributed by atoms with Gasteiger partial charge in [-0.2, -0.15) is 0 Å². The standard InChI is InChI=1S/C26H30N2O4S3/c1-4-6-22-20(12-13-21(17(3)29)24(22)31)16-34-26-28-27-25(35-26)33-15-19-9-7-18(8-10-19)11-14-23(30)32-5-2/h7-10,12-13,31H,4-6,11,14-16H2,1-3H3. The van der Waals surface area contributed by atoms with E-state index in [2.05, 4.69) is 41.4 Å². The summed E-state index contributed by atoms with van der Waals surface area (Å²) in [6.07, 6.45) is 2.69. The summed E-state index contributed by atoms with van der Waals surface area (Å²) in [4.78, 5) is 23.3. The molecule has 35 heavy (non-hydrogen) atoms. The molecule has 2 aromatic carbocycles. The molecule has 9 heteroatoms. The molecule has 1 N–H and O–H groups in total. The molecule has 1 aromatic heterocycles. The van der Waals surface area contributed by atoms with Crippen LogP contribution in [0.1, 0.15) is 66.2 Å². The molecule has 0 atom stereocenters. The molecule has 186 valence electrons. The molecule has 0 radical (unpaired) electrons. The largest absolute Gasteiger partial charge is 0.507 e. The Morgan fingerprint density at radius 2 is 1.60 bits per heavy atom. The number of ketones is 1. The van der Waals surface area contributed by atoms with Crippen LogP contribution in [0.3, 0.4) is 0 Å². The molecule has 1 heterocycles. The van der Waals surface area contributed by atoms with Crippen LogP contribution in [-0.4, -0.2) is 33.7 Å². The minimum atomic E-state index is -0.163. The van der Waals surface area contributed by atoms with Crippen molar-refractivity contribution in [3.8, 4) is 5.75 Å². The lowest BCUT2D eigenvalue weighted by atomic mass is 9.98. The van der Waals surface area contributed by atoms with Crippen molar-refractivity contribution in [1.29, 1.82) is 0 Å². The van der Waals surface area contributed by atoms with E-state index in [1.165, 1.54) is 12.5 Å². The number of nitrogens with zero attached hydrogens (tertiary/aromatic N) is 2. The maximum absolute atomic E-state index is 11.8. The summed E-state index contributed by atoms with van der Waals surface area (Å²) in [5.41, 5.74) is 4.55. The van der Waals surface area contributed by atoms with E-state index in [1.807, 2.05) is 13.0 Å². The number of thioether (sulfide) groups is 2. The van der Waals surface area contributed by atoms with Gasteiger partial charge in [0, 0.05) is 17.9 Å². The van der Waals surface area contributed by atoms with E-state index in [1.54, 1.807) is 40.9 Å². The maximum Gasteiger partial charge on any atom is 0.306 e. The predicted octanol–water partition coefficient (Wildman–Crippen LogP) is 6.48. The van der Waals surface area contributed by atoms with Gasteiger partial charge < -0.3 is 9.84 Å². The first-order valence-corrected chi connectivity index (χ1v) is 14.4. The quantitative estimate of drug-likeness (QED) is 0.153. The van der Waals surface area contributed by atoms with Crippen LogP contribution in [0.4, 0.5) is 0 Å². The number of esters is 1. The molecule has 0 aliphatic heterocycles. The van der Waals surface area contributed by atoms with Crippen molar-refractivity contribution in [3.05, 3.63) is 64.2 Å². The Kier molecular flexibility index (Phi) is 10.6. The summed E-state index contributed by atoms with van der Waals surface area (Å²) >= 11 is 4.79. The van der Waals surface area contributed by atoms with E-state index in [-0.39, 0.29) is 17.5 Å². The Labute approximate surface area is 218 Å². The highest BCUT2D eigenvalue weighted by Crippen LogP contribution is 2.35. The zero-order chi connectivity index (χ0) is 25.2. The summed E-state index contributed by atoms with van der Waals surface area (Å²) < 4.78 is 6.75. The number of carbonyl (C=O) groups is 2. The smallest absolute Gasteiger partial charge is 0.306 e. The molecule has 0 aliphatic carbocycles. The third-order valence-corrected chi connectivity index (χ3v) is 8.62. The fraction of sp³-hybridized carbons (Fsp3) is 0.385. The SMILES string of the molecule is CCCc1c(CSc2nnc(SCc3ccc(CCC(=O)OCC)cc3)s2)ccc(C(C)=O)c1O. The van der Waals surface area contributed by atoms with E-state index in [4.69, 9.17) is 4.74 Å². The first-order valence-electron chi connectivity index (χ1n) is 11.6. The van der Waals surface area contributed by atoms with Crippen LogP contribution < -0.4 is 0 Å². The molecule has 0 saturated carbocycles. The lowest BCUT2D eigenvalue weighted by Gasteiger charge is -2.12. The van der Waals surface area contributed by atoms with Crippen molar-refractivity contribution in [2.45, 2.75) is 66.6 Å². The number of phenolic OH excluding ortho intramolecular Hbond substituents is 1. The summed E-state index contributed by atoms with van der Waals surface area (Å²) in [5.74, 6) is 1.27. The van der Waals surface area contributed by atoms with Gasteiger partial charge in [0.2, 0.25) is 0 Å². The monoisotopic (exact) mass is 530 g/mol. The van der Waals surface area contributed by atoms with Gasteiger partial charge in [-0.1, -0.05) is 78.5 Å². The highest BCUT2D eigenvalue weighted by atomic mass is 32.2. The van der Waals surface area contributed by atoms with Crippen LogP contribution in [0.2, 0.25) is 0 Å². The van der Waals surface area contributed by atoms with Crippen LogP contribution in [-0.2, 0) is 33.9 Å². The summed E-state index contributed by atoms with van der Waals surface area (Å²) in [5, 5.41) is 19.2. The number of phenols is 1. The highest BCUT2D eigenvalue weighted by Gasteiger charge is 2.16. The topological polar surface area (TPSA) is 89.4 Å². The van der Waals surface area contributed by atoms with Crippen LogP contribution in [0, 0.1) is 0 Å². The zero-order valence-corrected chi connectivity index (χ0v) is 22.7. The molecule has 0 bridgehead atoms. The second kappa shape index (κ2) is 13.7. The Bertz CT molecular complexity index is 1150. The Balaban J connectivity index is 1.53. The molecule has 0 amide bonds. The molecule has 0 unspecified atom stereocenters. The fourth-order valence-corrected chi connectivity index (χ4v) is 6.51. The van der Waals surface area contributed by atoms with Gasteiger partial charge in [-0.05, 0) is 55.0 Å². The number of aromatic hydroxyl groups is 1. The number of Topliss-reactive ketones (excluding diaryl/α,β-unsaturated/α-hetero) is 1. The number of aromatic nitrogens is 2. The maximum atomic E-state index is 11.8. The molecule has 3 aromatic rings. The fourth-order valence-electron chi connectivity index (χ4n) is 3.51. The van der Waals surface area contributed by atoms with Crippen molar-refractivity contribution >= 4 is 46.6 Å². The minimum absolute atomic E-state index is 0.109. The van der Waals surface area contributed by atoms with Crippen molar-refractivity contribution in [1.82, 2.24) is 10.2 Å². The zero-order valence-electron chi connectivity index (χ0n) is 20.2. The van der Waals surface area contributed by atoms with Crippen molar-refractivity contribution in [2.24, 2.45) is 0 Å². The van der Waals surface area contributed by atoms with Crippen molar-refractivity contribution in [2.75, 3.05) is 6.61 Å². The number of carbonyl (C=O) groups excluding carboxylic acids is 2. The Morgan fingerprint density at radius 1 is 0.943 bits per heavy atom. The number of aryl methyl sites for hydroxylation is 1. The Hall–Kier alpha value is -2.36. The third kappa shape index (κ3) is 8.08. The summed E-state index contributed by atoms with van der Waals surface area (Å²) in [6, 6.07) is 11.9. The van der Waals surface area contributed by atoms with Crippen LogP contribution in [0.5, 0.6) is 5.75 Å². The summed E-state index contributed by atoms with van der Waals surface area (Å²) in [7, 11) is 0. The van der Waals surface area contributed by atoms with Crippen LogP contribution in [0.25, 0.3) is 0 Å². The lowest BCUT2D eigenvalue weighted by molar-refractivity contribution is -0.143. The number of hydrogen-bond donors (Lipinski definition) is 1. The molecule has 0 saturated heterocycles. The first kappa shape index (κ1) is 27.2. The molecular formula is C26H30N2O4S3. The van der Waals surface area contributed by atoms with Crippen LogP contribution in [0.15, 0.2) is 45.1 Å². The van der Waals surface area contributed by atoms with Gasteiger partial charge in [-0.15, -0.1) is 10.2 Å². The van der Waals surface area contributed by atoms with Crippen molar-refractivity contribution in [3.63, 3.8) is 0 Å². The summed E-state index contributed by atoms with van der Waals surface area (Å²) in [6.45, 7) is 5.76. The van der Waals surface area contributed by atoms with Gasteiger partial charge in [-0.3, -0.25) is 9.59 Å². The third-order valence-electron chi connectivity index (χ3n) is 5.31. The average molecular weight is 531 g/mol. The van der Waals surface area contributed by atoms with E-state index in [9.17, 15) is 14.7 Å². The van der Waals surface area contributed by atoms with E-state index < -0.39 is 0 Å². The van der Waals surface area contributed by atoms with Gasteiger partial charge in [0.05, 0.1) is 12.2 Å². The normalized spacial score (nSPS) is 10.9. The van der Waals surface area contributed by atoms with Gasteiger partial charge in [0.15, 0.2) is 14.5 Å². The van der Waals surface area contributed by atoms with Crippen molar-refractivity contribution < 1.29 is 19.4 Å². The highest BCUT2D eigenvalue weighted by molar-refractivity contribution is 8.02. The second-order valence-electron chi connectivity index (χ2n) is 7.94. The van der Waals surface area contributed by atoms with Gasteiger partial charge in [0.25, 0.3) is 0 Å². The van der Waals surface area contributed by atoms with Gasteiger partial charge >= 0.3 is 5.97 Å².